The Balaban J connectivity index is 1.70. The minimum atomic E-state index is -4.79. The number of alkyl halides is 3. The molecular weight excluding hydrogens is 475 g/mol. The second-order valence-electron chi connectivity index (χ2n) is 7.94. The number of hydrogen-bond acceptors (Lipinski definition) is 5. The van der Waals surface area contributed by atoms with E-state index in [1.165, 1.54) is 44.2 Å². The lowest BCUT2D eigenvalue weighted by molar-refractivity contribution is -0.274. The van der Waals surface area contributed by atoms with E-state index >= 15 is 0 Å². The fraction of sp³-hybridized carbons (Fsp3) is 0.364. The van der Waals surface area contributed by atoms with Gasteiger partial charge in [-0.15, -0.1) is 24.5 Å². The van der Waals surface area contributed by atoms with Crippen LogP contribution in [-0.2, 0) is 16.8 Å². The van der Waals surface area contributed by atoms with Gasteiger partial charge in [-0.05, 0) is 48.7 Å². The van der Waals surface area contributed by atoms with Crippen molar-refractivity contribution in [1.82, 2.24) is 9.21 Å². The summed E-state index contributed by atoms with van der Waals surface area (Å²) in [6.07, 6.45) is -4.79. The molecule has 33 heavy (non-hydrogen) atoms. The number of benzene rings is 2. The molecule has 1 aliphatic rings. The average Bonchev–Trinajstić information content (AvgIpc) is 3.08. The number of rotatable bonds is 6. The molecule has 6 nitrogen and oxygen atoms in total. The molecule has 4 rings (SSSR count). The van der Waals surface area contributed by atoms with Crippen LogP contribution in [0.3, 0.4) is 0 Å². The van der Waals surface area contributed by atoms with Gasteiger partial charge in [0.25, 0.3) is 0 Å². The van der Waals surface area contributed by atoms with Crippen LogP contribution in [0.1, 0.15) is 11.1 Å². The Hall–Kier alpha value is -2.34. The Morgan fingerprint density at radius 2 is 1.67 bits per heavy atom. The van der Waals surface area contributed by atoms with Crippen molar-refractivity contribution < 1.29 is 26.3 Å². The van der Waals surface area contributed by atoms with Gasteiger partial charge in [0, 0.05) is 30.9 Å². The molecule has 0 unspecified atom stereocenters. The zero-order chi connectivity index (χ0) is 23.8. The monoisotopic (exact) mass is 499 g/mol. The maximum Gasteiger partial charge on any atom is 0.573 e. The van der Waals surface area contributed by atoms with E-state index in [1.54, 1.807) is 0 Å². The number of hydrogen-bond donors (Lipinski definition) is 0. The van der Waals surface area contributed by atoms with Crippen molar-refractivity contribution in [3.8, 4) is 5.75 Å². The maximum absolute atomic E-state index is 13.7. The number of ether oxygens (including phenoxy) is 1. The second-order valence-corrected chi connectivity index (χ2v) is 10.8. The van der Waals surface area contributed by atoms with Gasteiger partial charge in [-0.25, -0.2) is 4.31 Å². The molecule has 2 heterocycles. The molecule has 0 N–H and O–H groups in total. The summed E-state index contributed by atoms with van der Waals surface area (Å²) in [6.45, 7) is 3.88. The molecule has 1 saturated heterocycles. The van der Waals surface area contributed by atoms with Gasteiger partial charge in [-0.1, -0.05) is 30.3 Å². The van der Waals surface area contributed by atoms with Gasteiger partial charge in [0.1, 0.15) is 10.8 Å². The van der Waals surface area contributed by atoms with Crippen molar-refractivity contribution in [3.63, 3.8) is 0 Å². The Bertz CT molecular complexity index is 1220. The van der Waals surface area contributed by atoms with Gasteiger partial charge in [0.2, 0.25) is 0 Å². The van der Waals surface area contributed by atoms with E-state index in [1.807, 2.05) is 38.2 Å². The molecule has 11 heteroatoms. The molecule has 0 spiro atoms. The lowest BCUT2D eigenvalue weighted by Crippen LogP contribution is -2.52. The Morgan fingerprint density at radius 3 is 2.27 bits per heavy atom. The SMILES string of the molecule is Cc1c(N(Cc2ccc(OC(F)(F)F)cc2)S(=O)(=O)N2CCN(C)CC2)sc2ccccc12. The zero-order valence-electron chi connectivity index (χ0n) is 18.2. The van der Waals surface area contributed by atoms with Gasteiger partial charge in [-0.2, -0.15) is 12.7 Å². The molecule has 1 aromatic heterocycles. The summed E-state index contributed by atoms with van der Waals surface area (Å²) < 4.78 is 72.7. The summed E-state index contributed by atoms with van der Waals surface area (Å²) in [5.41, 5.74) is 1.41. The highest BCUT2D eigenvalue weighted by molar-refractivity contribution is 7.90. The van der Waals surface area contributed by atoms with Crippen LogP contribution in [0.15, 0.2) is 48.5 Å². The number of piperazine rings is 1. The smallest absolute Gasteiger partial charge is 0.406 e. The number of nitrogens with zero attached hydrogens (tertiary/aromatic N) is 3. The van der Waals surface area contributed by atoms with Crippen LogP contribution >= 0.6 is 11.3 Å². The van der Waals surface area contributed by atoms with Crippen LogP contribution < -0.4 is 9.04 Å². The van der Waals surface area contributed by atoms with E-state index in [9.17, 15) is 21.6 Å². The molecule has 1 fully saturated rings. The van der Waals surface area contributed by atoms with E-state index < -0.39 is 16.6 Å². The number of halogens is 3. The van der Waals surface area contributed by atoms with Crippen molar-refractivity contribution >= 4 is 36.6 Å². The molecule has 3 aromatic rings. The average molecular weight is 500 g/mol. The van der Waals surface area contributed by atoms with Crippen molar-refractivity contribution in [3.05, 3.63) is 59.7 Å². The highest BCUT2D eigenvalue weighted by Gasteiger charge is 2.34. The topological polar surface area (TPSA) is 53.1 Å². The van der Waals surface area contributed by atoms with Gasteiger partial charge >= 0.3 is 16.6 Å². The van der Waals surface area contributed by atoms with Gasteiger partial charge in [0.15, 0.2) is 0 Å². The third-order valence-corrected chi connectivity index (χ3v) is 8.89. The van der Waals surface area contributed by atoms with Crippen LogP contribution in [0.5, 0.6) is 5.75 Å². The first-order valence-corrected chi connectivity index (χ1v) is 12.5. The maximum atomic E-state index is 13.7. The van der Waals surface area contributed by atoms with E-state index in [0.717, 1.165) is 15.6 Å². The normalized spacial score (nSPS) is 16.3. The molecule has 178 valence electrons. The predicted octanol–water partition coefficient (Wildman–Crippen LogP) is 4.61. The summed E-state index contributed by atoms with van der Waals surface area (Å²) in [5.74, 6) is -0.349. The largest absolute Gasteiger partial charge is 0.573 e. The van der Waals surface area contributed by atoms with E-state index in [4.69, 9.17) is 0 Å². The second kappa shape index (κ2) is 9.13. The van der Waals surface area contributed by atoms with Crippen LogP contribution in [0.4, 0.5) is 18.2 Å². The van der Waals surface area contributed by atoms with E-state index in [2.05, 4.69) is 9.64 Å². The summed E-state index contributed by atoms with van der Waals surface area (Å²) in [5, 5.41) is 1.58. The molecule has 0 bridgehead atoms. The van der Waals surface area contributed by atoms with E-state index in [-0.39, 0.29) is 12.3 Å². The van der Waals surface area contributed by atoms with Crippen LogP contribution in [0.25, 0.3) is 10.1 Å². The molecule has 1 aliphatic heterocycles. The number of fused-ring (bicyclic) bond motifs is 1. The summed E-state index contributed by atoms with van der Waals surface area (Å²) in [7, 11) is -1.92. The molecule has 0 aliphatic carbocycles. The van der Waals surface area contributed by atoms with Crippen LogP contribution in [0.2, 0.25) is 0 Å². The molecule has 0 saturated carbocycles. The van der Waals surface area contributed by atoms with Gasteiger partial charge in [-0.3, -0.25) is 0 Å². The minimum Gasteiger partial charge on any atom is -0.406 e. The van der Waals surface area contributed by atoms with Crippen LogP contribution in [0, 0.1) is 6.92 Å². The minimum absolute atomic E-state index is 0.00533. The Kier molecular flexibility index (Phi) is 6.59. The van der Waals surface area contributed by atoms with Crippen molar-refractivity contribution in [2.24, 2.45) is 0 Å². The Labute approximate surface area is 195 Å². The van der Waals surface area contributed by atoms with E-state index in [0.29, 0.717) is 36.7 Å². The number of thiophene rings is 1. The summed E-state index contributed by atoms with van der Waals surface area (Å²) in [6, 6.07) is 13.0. The van der Waals surface area contributed by atoms with Crippen molar-refractivity contribution in [2.75, 3.05) is 37.5 Å². The first-order chi connectivity index (χ1) is 15.5. The summed E-state index contributed by atoms with van der Waals surface area (Å²) >= 11 is 1.39. The highest BCUT2D eigenvalue weighted by Crippen LogP contribution is 2.40. The number of anilines is 1. The third-order valence-electron chi connectivity index (χ3n) is 5.60. The van der Waals surface area contributed by atoms with Gasteiger partial charge in [0.05, 0.1) is 6.54 Å². The first kappa shape index (κ1) is 23.8. The predicted molar refractivity (Wildman–Crippen MR) is 124 cm³/mol. The quantitative estimate of drug-likeness (QED) is 0.497. The highest BCUT2D eigenvalue weighted by atomic mass is 32.2. The lowest BCUT2D eigenvalue weighted by atomic mass is 10.2. The Morgan fingerprint density at radius 1 is 1.03 bits per heavy atom. The van der Waals surface area contributed by atoms with Crippen LogP contribution in [-0.4, -0.2) is 57.2 Å². The fourth-order valence-corrected chi connectivity index (χ4v) is 6.85. The zero-order valence-corrected chi connectivity index (χ0v) is 19.8. The lowest BCUT2D eigenvalue weighted by Gasteiger charge is -2.36. The van der Waals surface area contributed by atoms with Gasteiger partial charge < -0.3 is 9.64 Å². The standard InChI is InChI=1S/C22H24F3N3O3S2/c1-16-19-5-3-4-6-20(19)32-21(16)28(33(29,30)27-13-11-26(2)12-14-27)15-17-7-9-18(10-8-17)31-22(23,24)25/h3-10H,11-15H2,1-2H3. The first-order valence-electron chi connectivity index (χ1n) is 10.3. The fourth-order valence-electron chi connectivity index (χ4n) is 3.78. The summed E-state index contributed by atoms with van der Waals surface area (Å²) in [4.78, 5) is 2.07. The number of aryl methyl sites for hydroxylation is 1. The number of likely N-dealkylation sites (N-methyl/N-ethyl adjacent to an activating group) is 1. The van der Waals surface area contributed by atoms with Crippen molar-refractivity contribution in [1.29, 1.82) is 0 Å². The molecular formula is C22H24F3N3O3S2. The molecule has 0 radical (unpaired) electrons. The molecule has 0 amide bonds. The molecule has 2 aromatic carbocycles. The molecule has 0 atom stereocenters. The third kappa shape index (κ3) is 5.26. The van der Waals surface area contributed by atoms with Crippen molar-refractivity contribution in [2.45, 2.75) is 19.8 Å².